The van der Waals surface area contributed by atoms with Gasteiger partial charge in [0.25, 0.3) is 5.91 Å². The quantitative estimate of drug-likeness (QED) is 0.861. The van der Waals surface area contributed by atoms with Crippen molar-refractivity contribution in [2.24, 2.45) is 11.3 Å². The molecule has 1 aromatic carbocycles. The first-order valence-corrected chi connectivity index (χ1v) is 8.60. The molecule has 0 N–H and O–H groups in total. The lowest BCUT2D eigenvalue weighted by atomic mass is 9.57. The van der Waals surface area contributed by atoms with Crippen molar-refractivity contribution >= 4 is 5.91 Å². The molecule has 2 aromatic rings. The van der Waals surface area contributed by atoms with Crippen LogP contribution in [0.5, 0.6) is 0 Å². The van der Waals surface area contributed by atoms with Gasteiger partial charge < -0.3 is 9.64 Å². The summed E-state index contributed by atoms with van der Waals surface area (Å²) in [5, 5.41) is 4.38. The Labute approximate surface area is 146 Å². The van der Waals surface area contributed by atoms with Crippen LogP contribution in [0.2, 0.25) is 0 Å². The standard InChI is InChI=1S/C19H22FN3O2/c1-19(2)16(14-9-11-25-17(14)19)22(3)18(24)15-8-10-23(21-15)13-6-4-12(20)5-7-13/h4-8,10,14,16-17H,9,11H2,1-3H3/t14-,16+,17-/m0/s1. The van der Waals surface area contributed by atoms with Gasteiger partial charge in [-0.2, -0.15) is 5.10 Å². The molecular formula is C19H22FN3O2. The van der Waals surface area contributed by atoms with Crippen LogP contribution in [-0.2, 0) is 4.74 Å². The van der Waals surface area contributed by atoms with Crippen molar-refractivity contribution in [2.45, 2.75) is 32.4 Å². The van der Waals surface area contributed by atoms with Crippen LogP contribution in [0, 0.1) is 17.2 Å². The Morgan fingerprint density at radius 3 is 2.76 bits per heavy atom. The highest BCUT2D eigenvalue weighted by molar-refractivity contribution is 5.92. The summed E-state index contributed by atoms with van der Waals surface area (Å²) in [6.45, 7) is 5.09. The highest BCUT2D eigenvalue weighted by Crippen LogP contribution is 2.54. The number of rotatable bonds is 3. The lowest BCUT2D eigenvalue weighted by molar-refractivity contribution is -0.139. The number of hydrogen-bond donors (Lipinski definition) is 0. The number of amides is 1. The smallest absolute Gasteiger partial charge is 0.274 e. The highest BCUT2D eigenvalue weighted by Gasteiger charge is 2.61. The molecule has 25 heavy (non-hydrogen) atoms. The van der Waals surface area contributed by atoms with E-state index in [1.807, 2.05) is 11.9 Å². The van der Waals surface area contributed by atoms with Gasteiger partial charge in [-0.15, -0.1) is 0 Å². The van der Waals surface area contributed by atoms with Crippen molar-refractivity contribution in [3.8, 4) is 5.69 Å². The van der Waals surface area contributed by atoms with Crippen LogP contribution >= 0.6 is 0 Å². The minimum atomic E-state index is -0.299. The largest absolute Gasteiger partial charge is 0.377 e. The molecule has 132 valence electrons. The molecule has 2 fully saturated rings. The number of halogens is 1. The first-order chi connectivity index (χ1) is 11.9. The van der Waals surface area contributed by atoms with Gasteiger partial charge in [0.2, 0.25) is 0 Å². The molecule has 1 amide bonds. The van der Waals surface area contributed by atoms with E-state index in [9.17, 15) is 9.18 Å². The van der Waals surface area contributed by atoms with E-state index in [1.54, 1.807) is 29.1 Å². The average molecular weight is 343 g/mol. The third-order valence-corrected chi connectivity index (χ3v) is 5.68. The second-order valence-corrected chi connectivity index (χ2v) is 7.55. The Bertz CT molecular complexity index is 799. The minimum Gasteiger partial charge on any atom is -0.377 e. The molecule has 1 saturated heterocycles. The predicted molar refractivity (Wildman–Crippen MR) is 91.0 cm³/mol. The topological polar surface area (TPSA) is 47.4 Å². The van der Waals surface area contributed by atoms with Crippen molar-refractivity contribution in [3.63, 3.8) is 0 Å². The lowest BCUT2D eigenvalue weighted by Gasteiger charge is -2.57. The molecule has 3 atom stereocenters. The predicted octanol–water partition coefficient (Wildman–Crippen LogP) is 2.90. The van der Waals surface area contributed by atoms with E-state index in [1.165, 1.54) is 12.1 Å². The fraction of sp³-hybridized carbons (Fsp3) is 0.474. The maximum absolute atomic E-state index is 13.1. The third kappa shape index (κ3) is 2.47. The van der Waals surface area contributed by atoms with E-state index in [4.69, 9.17) is 4.74 Å². The molecule has 1 saturated carbocycles. The summed E-state index contributed by atoms with van der Waals surface area (Å²) in [6.07, 6.45) is 2.96. The van der Waals surface area contributed by atoms with Gasteiger partial charge in [-0.3, -0.25) is 4.79 Å². The molecule has 5 nitrogen and oxygen atoms in total. The number of hydrogen-bond acceptors (Lipinski definition) is 3. The van der Waals surface area contributed by atoms with Gasteiger partial charge in [-0.1, -0.05) is 13.8 Å². The van der Waals surface area contributed by atoms with Crippen LogP contribution in [0.3, 0.4) is 0 Å². The van der Waals surface area contributed by atoms with Gasteiger partial charge in [-0.25, -0.2) is 9.07 Å². The Kier molecular flexibility index (Phi) is 3.68. The molecule has 2 aliphatic rings. The van der Waals surface area contributed by atoms with E-state index in [2.05, 4.69) is 18.9 Å². The van der Waals surface area contributed by atoms with E-state index >= 15 is 0 Å². The van der Waals surface area contributed by atoms with Crippen molar-refractivity contribution in [3.05, 3.63) is 48.0 Å². The summed E-state index contributed by atoms with van der Waals surface area (Å²) in [7, 11) is 1.85. The Balaban J connectivity index is 1.54. The summed E-state index contributed by atoms with van der Waals surface area (Å²) in [6, 6.07) is 7.88. The maximum Gasteiger partial charge on any atom is 0.274 e. The molecule has 6 heteroatoms. The van der Waals surface area contributed by atoms with Gasteiger partial charge in [0, 0.05) is 37.2 Å². The molecule has 0 spiro atoms. The second kappa shape index (κ2) is 5.66. The number of fused-ring (bicyclic) bond motifs is 1. The highest BCUT2D eigenvalue weighted by atomic mass is 19.1. The Morgan fingerprint density at radius 2 is 2.04 bits per heavy atom. The normalized spacial score (nSPS) is 26.8. The first-order valence-electron chi connectivity index (χ1n) is 8.60. The summed E-state index contributed by atoms with van der Waals surface area (Å²) >= 11 is 0. The molecule has 0 radical (unpaired) electrons. The lowest BCUT2D eigenvalue weighted by Crippen LogP contribution is -2.66. The molecule has 1 aliphatic heterocycles. The number of aromatic nitrogens is 2. The third-order valence-electron chi connectivity index (χ3n) is 5.68. The zero-order valence-corrected chi connectivity index (χ0v) is 14.6. The van der Waals surface area contributed by atoms with E-state index in [0.717, 1.165) is 18.7 Å². The van der Waals surface area contributed by atoms with Crippen molar-refractivity contribution < 1.29 is 13.9 Å². The summed E-state index contributed by atoms with van der Waals surface area (Å²) in [5.74, 6) is 0.0138. The number of ether oxygens (including phenoxy) is 1. The zero-order chi connectivity index (χ0) is 17.8. The van der Waals surface area contributed by atoms with E-state index in [-0.39, 0.29) is 29.3 Å². The number of carbonyl (C=O) groups is 1. The molecule has 1 aliphatic carbocycles. The van der Waals surface area contributed by atoms with Crippen molar-refractivity contribution in [2.75, 3.05) is 13.7 Å². The Morgan fingerprint density at radius 1 is 1.32 bits per heavy atom. The molecule has 2 heterocycles. The average Bonchev–Trinajstić information content (AvgIpc) is 3.23. The molecule has 1 aromatic heterocycles. The van der Waals surface area contributed by atoms with Gasteiger partial charge in [-0.05, 0) is 36.8 Å². The van der Waals surface area contributed by atoms with E-state index in [0.29, 0.717) is 11.6 Å². The summed E-state index contributed by atoms with van der Waals surface area (Å²) in [5.41, 5.74) is 1.06. The zero-order valence-electron chi connectivity index (χ0n) is 14.6. The van der Waals surface area contributed by atoms with Gasteiger partial charge in [0.1, 0.15) is 5.82 Å². The Hall–Kier alpha value is -2.21. The molecule has 0 bridgehead atoms. The van der Waals surface area contributed by atoms with Crippen molar-refractivity contribution in [1.29, 1.82) is 0 Å². The van der Waals surface area contributed by atoms with Crippen LogP contribution in [-0.4, -0.2) is 46.4 Å². The van der Waals surface area contributed by atoms with Crippen LogP contribution in [0.4, 0.5) is 4.39 Å². The van der Waals surface area contributed by atoms with Crippen molar-refractivity contribution in [1.82, 2.24) is 14.7 Å². The van der Waals surface area contributed by atoms with Gasteiger partial charge in [0.15, 0.2) is 5.69 Å². The van der Waals surface area contributed by atoms with Gasteiger partial charge in [0.05, 0.1) is 11.8 Å². The fourth-order valence-electron chi connectivity index (χ4n) is 4.57. The molecule has 0 unspecified atom stereocenters. The molecule has 4 rings (SSSR count). The number of benzene rings is 1. The first kappa shape index (κ1) is 16.3. The fourth-order valence-corrected chi connectivity index (χ4v) is 4.57. The summed E-state index contributed by atoms with van der Waals surface area (Å²) in [4.78, 5) is 14.7. The van der Waals surface area contributed by atoms with Crippen LogP contribution in [0.15, 0.2) is 36.5 Å². The van der Waals surface area contributed by atoms with Crippen LogP contribution in [0.1, 0.15) is 30.8 Å². The minimum absolute atomic E-state index is 0.0505. The van der Waals surface area contributed by atoms with Gasteiger partial charge >= 0.3 is 0 Å². The second-order valence-electron chi connectivity index (χ2n) is 7.55. The molecular weight excluding hydrogens is 321 g/mol. The summed E-state index contributed by atoms with van der Waals surface area (Å²) < 4.78 is 20.5. The van der Waals surface area contributed by atoms with Crippen LogP contribution in [0.25, 0.3) is 5.69 Å². The van der Waals surface area contributed by atoms with Crippen LogP contribution < -0.4 is 0 Å². The van der Waals surface area contributed by atoms with E-state index < -0.39 is 0 Å². The monoisotopic (exact) mass is 343 g/mol. The SMILES string of the molecule is CN(C(=O)c1ccn(-c2ccc(F)cc2)n1)[C@@H]1[C@@H]2CCO[C@@H]2C1(C)C. The number of nitrogens with zero attached hydrogens (tertiary/aromatic N) is 3. The number of carbonyl (C=O) groups excluding carboxylic acids is 1. The maximum atomic E-state index is 13.1.